The van der Waals surface area contributed by atoms with Crippen molar-refractivity contribution in [3.05, 3.63) is 65.2 Å². The van der Waals surface area contributed by atoms with E-state index in [9.17, 15) is 18.4 Å². The second kappa shape index (κ2) is 7.76. The van der Waals surface area contributed by atoms with Crippen molar-refractivity contribution < 1.29 is 23.1 Å². The molecule has 0 aliphatic rings. The first-order chi connectivity index (χ1) is 14.0. The van der Waals surface area contributed by atoms with Crippen molar-refractivity contribution >= 4 is 39.2 Å². The first-order valence-corrected chi connectivity index (χ1v) is 9.20. The number of carbonyl (C=O) groups is 2. The zero-order valence-electron chi connectivity index (χ0n) is 14.6. The van der Waals surface area contributed by atoms with Gasteiger partial charge in [0.15, 0.2) is 17.4 Å². The van der Waals surface area contributed by atoms with Gasteiger partial charge in [-0.3, -0.25) is 15.2 Å². The Hall–Kier alpha value is -3.66. The van der Waals surface area contributed by atoms with Crippen molar-refractivity contribution in [1.29, 1.82) is 0 Å². The third kappa shape index (κ3) is 3.97. The number of anilines is 1. The van der Waals surface area contributed by atoms with Gasteiger partial charge < -0.3 is 4.74 Å². The molecule has 2 aromatic carbocycles. The van der Waals surface area contributed by atoms with Gasteiger partial charge in [0.1, 0.15) is 11.6 Å². The van der Waals surface area contributed by atoms with Gasteiger partial charge in [-0.15, -0.1) is 11.3 Å². The van der Waals surface area contributed by atoms with Crippen LogP contribution in [0.15, 0.2) is 47.8 Å². The largest absolute Gasteiger partial charge is 0.451 e. The van der Waals surface area contributed by atoms with Crippen LogP contribution in [0.3, 0.4) is 0 Å². The van der Waals surface area contributed by atoms with E-state index in [-0.39, 0.29) is 22.1 Å². The third-order valence-corrected chi connectivity index (χ3v) is 4.71. The maximum absolute atomic E-state index is 13.8. The van der Waals surface area contributed by atoms with Crippen LogP contribution in [0.1, 0.15) is 10.5 Å². The maximum Gasteiger partial charge on any atom is 0.359 e. The van der Waals surface area contributed by atoms with E-state index in [1.54, 1.807) is 24.3 Å². The number of aromatic nitrogens is 3. The minimum atomic E-state index is -0.751. The number of nitrogens with zero attached hydrogens (tertiary/aromatic N) is 2. The molecule has 0 aliphatic carbocycles. The molecule has 2 N–H and O–H groups in total. The van der Waals surface area contributed by atoms with Crippen LogP contribution in [-0.2, 0) is 9.53 Å². The predicted molar refractivity (Wildman–Crippen MR) is 102 cm³/mol. The summed E-state index contributed by atoms with van der Waals surface area (Å²) in [5.41, 5.74) is 0.913. The summed E-state index contributed by atoms with van der Waals surface area (Å²) in [6.45, 7) is -0.552. The zero-order chi connectivity index (χ0) is 20.4. The lowest BCUT2D eigenvalue weighted by atomic mass is 10.1. The summed E-state index contributed by atoms with van der Waals surface area (Å²) >= 11 is 1.03. The highest BCUT2D eigenvalue weighted by Gasteiger charge is 2.17. The summed E-state index contributed by atoms with van der Waals surface area (Å²) in [5.74, 6) is -2.61. The average molecular weight is 414 g/mol. The summed E-state index contributed by atoms with van der Waals surface area (Å²) in [5, 5.41) is 11.3. The van der Waals surface area contributed by atoms with Crippen LogP contribution < -0.4 is 5.32 Å². The Balaban J connectivity index is 1.38. The number of halogens is 2. The third-order valence-electron chi connectivity index (χ3n) is 3.95. The number of hydrogen-bond acceptors (Lipinski definition) is 6. The monoisotopic (exact) mass is 414 g/mol. The second-order valence-corrected chi connectivity index (χ2v) is 6.76. The van der Waals surface area contributed by atoms with Gasteiger partial charge in [0, 0.05) is 16.3 Å². The number of esters is 1. The second-order valence-electron chi connectivity index (χ2n) is 5.90. The molecular formula is C19H12F2N4O3S. The highest BCUT2D eigenvalue weighted by molar-refractivity contribution is 7.14. The van der Waals surface area contributed by atoms with Crippen molar-refractivity contribution in [2.75, 3.05) is 11.9 Å². The van der Waals surface area contributed by atoms with E-state index in [1.165, 1.54) is 5.38 Å². The molecule has 0 unspecified atom stereocenters. The van der Waals surface area contributed by atoms with E-state index < -0.39 is 30.1 Å². The summed E-state index contributed by atoms with van der Waals surface area (Å²) in [7, 11) is 0. The van der Waals surface area contributed by atoms with E-state index >= 15 is 0 Å². The van der Waals surface area contributed by atoms with Crippen LogP contribution in [0.5, 0.6) is 0 Å². The SMILES string of the molecule is O=C(COC(=O)c1n[nH]c2ccccc12)Nc1nc(-c2cc(F)ccc2F)cs1. The molecule has 29 heavy (non-hydrogen) atoms. The quantitative estimate of drug-likeness (QED) is 0.485. The predicted octanol–water partition coefficient (Wildman–Crippen LogP) is 3.76. The van der Waals surface area contributed by atoms with Crippen LogP contribution in [0.4, 0.5) is 13.9 Å². The minimum absolute atomic E-state index is 0.0152. The van der Waals surface area contributed by atoms with Crippen molar-refractivity contribution in [2.45, 2.75) is 0 Å². The number of para-hydroxylation sites is 1. The lowest BCUT2D eigenvalue weighted by molar-refractivity contribution is -0.119. The van der Waals surface area contributed by atoms with Crippen LogP contribution in [-0.4, -0.2) is 33.7 Å². The van der Waals surface area contributed by atoms with Gasteiger partial charge in [0.25, 0.3) is 5.91 Å². The number of H-pyrrole nitrogens is 1. The number of nitrogens with one attached hydrogen (secondary N) is 2. The molecule has 4 aromatic rings. The number of ether oxygens (including phenoxy) is 1. The van der Waals surface area contributed by atoms with Crippen molar-refractivity contribution in [2.24, 2.45) is 0 Å². The maximum atomic E-state index is 13.8. The van der Waals surface area contributed by atoms with E-state index in [4.69, 9.17) is 4.74 Å². The molecule has 4 rings (SSSR count). The fourth-order valence-electron chi connectivity index (χ4n) is 2.62. The van der Waals surface area contributed by atoms with Crippen LogP contribution in [0.25, 0.3) is 22.2 Å². The molecule has 0 bridgehead atoms. The van der Waals surface area contributed by atoms with Crippen molar-refractivity contribution in [3.63, 3.8) is 0 Å². The molecule has 0 fully saturated rings. The summed E-state index contributed by atoms with van der Waals surface area (Å²) in [6.07, 6.45) is 0. The molecule has 146 valence electrons. The molecule has 0 spiro atoms. The summed E-state index contributed by atoms with van der Waals surface area (Å²) in [4.78, 5) is 28.3. The molecule has 2 heterocycles. The molecular weight excluding hydrogens is 402 g/mol. The van der Waals surface area contributed by atoms with Crippen LogP contribution in [0, 0.1) is 11.6 Å². The normalized spacial score (nSPS) is 10.8. The van der Waals surface area contributed by atoms with Gasteiger partial charge in [0.05, 0.1) is 11.2 Å². The minimum Gasteiger partial charge on any atom is -0.451 e. The van der Waals surface area contributed by atoms with Crippen LogP contribution in [0.2, 0.25) is 0 Å². The number of thiazole rings is 1. The molecule has 0 saturated carbocycles. The van der Waals surface area contributed by atoms with E-state index in [0.717, 1.165) is 29.5 Å². The molecule has 0 aliphatic heterocycles. The van der Waals surface area contributed by atoms with Gasteiger partial charge in [-0.05, 0) is 24.3 Å². The molecule has 0 atom stereocenters. The highest BCUT2D eigenvalue weighted by Crippen LogP contribution is 2.27. The summed E-state index contributed by atoms with van der Waals surface area (Å²) < 4.78 is 32.1. The Bertz CT molecular complexity index is 1220. The first kappa shape index (κ1) is 18.7. The fraction of sp³-hybridized carbons (Fsp3) is 0.0526. The van der Waals surface area contributed by atoms with Gasteiger partial charge in [0.2, 0.25) is 0 Å². The van der Waals surface area contributed by atoms with Gasteiger partial charge in [-0.25, -0.2) is 18.6 Å². The summed E-state index contributed by atoms with van der Waals surface area (Å²) in [6, 6.07) is 10.0. The standard InChI is InChI=1S/C19H12F2N4O3S/c20-10-5-6-13(21)12(7-10)15-9-29-19(22-15)23-16(26)8-28-18(27)17-11-3-1-2-4-14(11)24-25-17/h1-7,9H,8H2,(H,24,25)(H,22,23,26). The van der Waals surface area contributed by atoms with E-state index in [0.29, 0.717) is 10.9 Å². The van der Waals surface area contributed by atoms with Crippen LogP contribution >= 0.6 is 11.3 Å². The number of hydrogen-bond donors (Lipinski definition) is 2. The Morgan fingerprint density at radius 2 is 2.00 bits per heavy atom. The van der Waals surface area contributed by atoms with E-state index in [1.807, 2.05) is 0 Å². The topological polar surface area (TPSA) is 97.0 Å². The zero-order valence-corrected chi connectivity index (χ0v) is 15.4. The molecule has 1 amide bonds. The molecule has 0 radical (unpaired) electrons. The first-order valence-electron chi connectivity index (χ1n) is 8.32. The number of benzene rings is 2. The Morgan fingerprint density at radius 1 is 1.17 bits per heavy atom. The Morgan fingerprint density at radius 3 is 2.86 bits per heavy atom. The lowest BCUT2D eigenvalue weighted by Crippen LogP contribution is -2.21. The molecule has 2 aromatic heterocycles. The van der Waals surface area contributed by atoms with Gasteiger partial charge in [-0.1, -0.05) is 18.2 Å². The number of rotatable bonds is 5. The Kier molecular flexibility index (Phi) is 5.00. The average Bonchev–Trinajstić information content (AvgIpc) is 3.35. The lowest BCUT2D eigenvalue weighted by Gasteiger charge is -2.03. The molecule has 10 heteroatoms. The number of carbonyl (C=O) groups excluding carboxylic acids is 2. The molecule has 7 nitrogen and oxygen atoms in total. The Labute approximate surface area is 166 Å². The fourth-order valence-corrected chi connectivity index (χ4v) is 3.35. The van der Waals surface area contributed by atoms with Crippen molar-refractivity contribution in [1.82, 2.24) is 15.2 Å². The highest BCUT2D eigenvalue weighted by atomic mass is 32.1. The number of amides is 1. The molecule has 0 saturated heterocycles. The van der Waals surface area contributed by atoms with Gasteiger partial charge in [-0.2, -0.15) is 5.10 Å². The number of aromatic amines is 1. The smallest absolute Gasteiger partial charge is 0.359 e. The van der Waals surface area contributed by atoms with Crippen molar-refractivity contribution in [3.8, 4) is 11.3 Å². The van der Waals surface area contributed by atoms with E-state index in [2.05, 4.69) is 20.5 Å². The number of fused-ring (bicyclic) bond motifs is 1. The van der Waals surface area contributed by atoms with Gasteiger partial charge >= 0.3 is 5.97 Å².